The molecule has 0 atom stereocenters. The van der Waals surface area contributed by atoms with Crippen LogP contribution in [0.25, 0.3) is 0 Å². The highest BCUT2D eigenvalue weighted by Crippen LogP contribution is 2.29. The van der Waals surface area contributed by atoms with Crippen molar-refractivity contribution in [2.45, 2.75) is 25.7 Å². The average Bonchev–Trinajstić information content (AvgIpc) is 2.77. The number of thiophene rings is 1. The molecule has 4 nitrogen and oxygen atoms in total. The summed E-state index contributed by atoms with van der Waals surface area (Å²) >= 11 is 1.44. The van der Waals surface area contributed by atoms with Gasteiger partial charge in [0.1, 0.15) is 0 Å². The Morgan fingerprint density at radius 2 is 1.89 bits per heavy atom. The van der Waals surface area contributed by atoms with Crippen molar-refractivity contribution in [2.75, 3.05) is 10.5 Å². The standard InChI is InChI=1S/C13H16N2O2S2/c1-8-6-9(2)13(10(3)12(8)14)19(16,17)15-11-4-5-18-7-11/h4-7,15H,14H2,1-3H3. The fourth-order valence-electron chi connectivity index (χ4n) is 2.12. The predicted octanol–water partition coefficient (Wildman–Crippen LogP) is 3.06. The minimum Gasteiger partial charge on any atom is -0.398 e. The lowest BCUT2D eigenvalue weighted by molar-refractivity contribution is 0.600. The monoisotopic (exact) mass is 296 g/mol. The smallest absolute Gasteiger partial charge is 0.262 e. The predicted molar refractivity (Wildman–Crippen MR) is 80.2 cm³/mol. The molecule has 19 heavy (non-hydrogen) atoms. The average molecular weight is 296 g/mol. The highest BCUT2D eigenvalue weighted by Gasteiger charge is 2.22. The van der Waals surface area contributed by atoms with Gasteiger partial charge in [-0.2, -0.15) is 11.3 Å². The van der Waals surface area contributed by atoms with Crippen LogP contribution in [0.15, 0.2) is 27.8 Å². The second kappa shape index (κ2) is 4.86. The Bertz CT molecular complexity index is 705. The Hall–Kier alpha value is -1.53. The van der Waals surface area contributed by atoms with E-state index in [1.54, 1.807) is 31.4 Å². The van der Waals surface area contributed by atoms with Gasteiger partial charge in [-0.1, -0.05) is 6.07 Å². The molecule has 0 aliphatic carbocycles. The van der Waals surface area contributed by atoms with Gasteiger partial charge in [0, 0.05) is 11.1 Å². The first-order chi connectivity index (χ1) is 8.83. The number of rotatable bonds is 3. The maximum Gasteiger partial charge on any atom is 0.262 e. The molecule has 0 fully saturated rings. The van der Waals surface area contributed by atoms with Gasteiger partial charge in [-0.3, -0.25) is 4.72 Å². The summed E-state index contributed by atoms with van der Waals surface area (Å²) in [6.07, 6.45) is 0. The maximum atomic E-state index is 12.4. The molecule has 1 heterocycles. The summed E-state index contributed by atoms with van der Waals surface area (Å²) in [6.45, 7) is 5.39. The van der Waals surface area contributed by atoms with Crippen LogP contribution in [0, 0.1) is 20.8 Å². The number of nitrogens with two attached hydrogens (primary N) is 1. The molecule has 2 rings (SSSR count). The minimum absolute atomic E-state index is 0.266. The van der Waals surface area contributed by atoms with Crippen molar-refractivity contribution >= 4 is 32.7 Å². The molecule has 102 valence electrons. The lowest BCUT2D eigenvalue weighted by atomic mass is 10.1. The molecular weight excluding hydrogens is 280 g/mol. The maximum absolute atomic E-state index is 12.4. The van der Waals surface area contributed by atoms with Gasteiger partial charge in [0.2, 0.25) is 0 Å². The SMILES string of the molecule is Cc1cc(C)c(S(=O)(=O)Nc2ccsc2)c(C)c1N. The Balaban J connectivity index is 2.55. The van der Waals surface area contributed by atoms with E-state index in [2.05, 4.69) is 4.72 Å². The summed E-state index contributed by atoms with van der Waals surface area (Å²) in [6, 6.07) is 3.52. The second-order valence-electron chi connectivity index (χ2n) is 4.50. The van der Waals surface area contributed by atoms with E-state index in [0.717, 1.165) is 5.56 Å². The molecule has 3 N–H and O–H groups in total. The zero-order valence-corrected chi connectivity index (χ0v) is 12.7. The summed E-state index contributed by atoms with van der Waals surface area (Å²) in [5, 5.41) is 3.57. The number of anilines is 2. The molecule has 0 radical (unpaired) electrons. The summed E-state index contributed by atoms with van der Waals surface area (Å²) < 4.78 is 27.5. The number of hydrogen-bond donors (Lipinski definition) is 2. The van der Waals surface area contributed by atoms with Gasteiger partial charge in [0.05, 0.1) is 10.6 Å². The molecule has 0 aliphatic rings. The first-order valence-corrected chi connectivity index (χ1v) is 8.17. The fourth-order valence-corrected chi connectivity index (χ4v) is 4.32. The second-order valence-corrected chi connectivity index (χ2v) is 6.89. The molecular formula is C13H16N2O2S2. The van der Waals surface area contributed by atoms with Crippen molar-refractivity contribution < 1.29 is 8.42 Å². The van der Waals surface area contributed by atoms with Crippen LogP contribution in [0.3, 0.4) is 0 Å². The third kappa shape index (κ3) is 2.59. The zero-order valence-electron chi connectivity index (χ0n) is 11.0. The normalized spacial score (nSPS) is 11.5. The molecule has 1 aromatic heterocycles. The first-order valence-electron chi connectivity index (χ1n) is 5.74. The van der Waals surface area contributed by atoms with E-state index in [-0.39, 0.29) is 4.90 Å². The minimum atomic E-state index is -3.61. The van der Waals surface area contributed by atoms with Crippen LogP contribution in [0.2, 0.25) is 0 Å². The van der Waals surface area contributed by atoms with Crippen LogP contribution in [0.5, 0.6) is 0 Å². The summed E-state index contributed by atoms with van der Waals surface area (Å²) in [5.41, 5.74) is 9.22. The number of hydrogen-bond acceptors (Lipinski definition) is 4. The van der Waals surface area contributed by atoms with Crippen LogP contribution in [-0.2, 0) is 10.0 Å². The van der Waals surface area contributed by atoms with E-state index in [9.17, 15) is 8.42 Å². The lowest BCUT2D eigenvalue weighted by Crippen LogP contribution is -2.16. The van der Waals surface area contributed by atoms with Gasteiger partial charge in [0.15, 0.2) is 0 Å². The van der Waals surface area contributed by atoms with Crippen molar-refractivity contribution in [2.24, 2.45) is 0 Å². The Morgan fingerprint density at radius 3 is 2.47 bits per heavy atom. The van der Waals surface area contributed by atoms with E-state index >= 15 is 0 Å². The number of aryl methyl sites for hydroxylation is 2. The number of sulfonamides is 1. The first kappa shape index (κ1) is 13.9. The van der Waals surface area contributed by atoms with Gasteiger partial charge in [-0.05, 0) is 48.9 Å². The van der Waals surface area contributed by atoms with Gasteiger partial charge in [-0.25, -0.2) is 8.42 Å². The molecule has 0 aliphatic heterocycles. The number of benzene rings is 1. The van der Waals surface area contributed by atoms with Crippen molar-refractivity contribution in [1.29, 1.82) is 0 Å². The van der Waals surface area contributed by atoms with Gasteiger partial charge < -0.3 is 5.73 Å². The van der Waals surface area contributed by atoms with Crippen LogP contribution >= 0.6 is 11.3 Å². The Labute approximate surface area is 117 Å². The number of nitrogen functional groups attached to an aromatic ring is 1. The largest absolute Gasteiger partial charge is 0.398 e. The van der Waals surface area contributed by atoms with Crippen molar-refractivity contribution in [1.82, 2.24) is 0 Å². The summed E-state index contributed by atoms with van der Waals surface area (Å²) in [7, 11) is -3.61. The summed E-state index contributed by atoms with van der Waals surface area (Å²) in [5.74, 6) is 0. The lowest BCUT2D eigenvalue weighted by Gasteiger charge is -2.15. The quantitative estimate of drug-likeness (QED) is 0.855. The molecule has 0 spiro atoms. The molecule has 0 amide bonds. The van der Waals surface area contributed by atoms with E-state index in [4.69, 9.17) is 5.73 Å². The molecule has 2 aromatic rings. The van der Waals surface area contributed by atoms with E-state index in [1.165, 1.54) is 11.3 Å². The third-order valence-electron chi connectivity index (χ3n) is 3.00. The summed E-state index contributed by atoms with van der Waals surface area (Å²) in [4.78, 5) is 0.266. The highest BCUT2D eigenvalue weighted by atomic mass is 32.2. The Kier molecular flexibility index (Phi) is 3.56. The van der Waals surface area contributed by atoms with E-state index in [0.29, 0.717) is 22.5 Å². The van der Waals surface area contributed by atoms with E-state index < -0.39 is 10.0 Å². The van der Waals surface area contributed by atoms with Crippen molar-refractivity contribution in [3.63, 3.8) is 0 Å². The third-order valence-corrected chi connectivity index (χ3v) is 5.36. The van der Waals surface area contributed by atoms with Crippen LogP contribution in [-0.4, -0.2) is 8.42 Å². The molecule has 1 aromatic carbocycles. The molecule has 6 heteroatoms. The molecule has 0 unspecified atom stereocenters. The topological polar surface area (TPSA) is 72.2 Å². The van der Waals surface area contributed by atoms with E-state index in [1.807, 2.05) is 12.3 Å². The van der Waals surface area contributed by atoms with Crippen LogP contribution in [0.1, 0.15) is 16.7 Å². The molecule has 0 bridgehead atoms. The van der Waals surface area contributed by atoms with Crippen molar-refractivity contribution in [3.05, 3.63) is 39.6 Å². The Morgan fingerprint density at radius 1 is 1.21 bits per heavy atom. The van der Waals surface area contributed by atoms with Crippen LogP contribution < -0.4 is 10.5 Å². The zero-order chi connectivity index (χ0) is 14.2. The van der Waals surface area contributed by atoms with Gasteiger partial charge in [-0.15, -0.1) is 0 Å². The highest BCUT2D eigenvalue weighted by molar-refractivity contribution is 7.92. The van der Waals surface area contributed by atoms with Gasteiger partial charge >= 0.3 is 0 Å². The van der Waals surface area contributed by atoms with Crippen molar-refractivity contribution in [3.8, 4) is 0 Å². The molecule has 0 saturated carbocycles. The number of nitrogens with one attached hydrogen (secondary N) is 1. The van der Waals surface area contributed by atoms with Crippen LogP contribution in [0.4, 0.5) is 11.4 Å². The fraction of sp³-hybridized carbons (Fsp3) is 0.231. The molecule has 0 saturated heterocycles. The van der Waals surface area contributed by atoms with Gasteiger partial charge in [0.25, 0.3) is 10.0 Å².